The number of nitrogens with zero attached hydrogens (tertiary/aromatic N) is 4. The highest BCUT2D eigenvalue weighted by atomic mass is 14.8. The molecule has 10 aromatic rings. The molecular formula is C52H34N4. The van der Waals surface area contributed by atoms with Crippen molar-refractivity contribution >= 4 is 21.7 Å². The highest BCUT2D eigenvalue weighted by Gasteiger charge is 2.16. The molecule has 6 aromatic carbocycles. The number of fused-ring (bicyclic) bond motifs is 3. The lowest BCUT2D eigenvalue weighted by atomic mass is 9.91. The first-order valence-electron chi connectivity index (χ1n) is 18.8. The van der Waals surface area contributed by atoms with Crippen molar-refractivity contribution in [2.75, 3.05) is 0 Å². The molecule has 0 spiro atoms. The van der Waals surface area contributed by atoms with E-state index in [0.717, 1.165) is 72.6 Å². The van der Waals surface area contributed by atoms with Gasteiger partial charge in [-0.1, -0.05) is 146 Å². The molecule has 10 rings (SSSR count). The maximum atomic E-state index is 5.38. The van der Waals surface area contributed by atoms with Gasteiger partial charge in [-0.15, -0.1) is 0 Å². The second-order valence-electron chi connectivity index (χ2n) is 13.9. The molecule has 0 aliphatic heterocycles. The van der Waals surface area contributed by atoms with Crippen molar-refractivity contribution < 1.29 is 0 Å². The zero-order valence-electron chi connectivity index (χ0n) is 30.4. The summed E-state index contributed by atoms with van der Waals surface area (Å²) >= 11 is 0. The molecule has 0 radical (unpaired) electrons. The van der Waals surface area contributed by atoms with Crippen LogP contribution in [0.1, 0.15) is 0 Å². The minimum atomic E-state index is 0.807. The lowest BCUT2D eigenvalue weighted by molar-refractivity contribution is 1.22. The van der Waals surface area contributed by atoms with Gasteiger partial charge in [0.25, 0.3) is 0 Å². The third-order valence-corrected chi connectivity index (χ3v) is 10.4. The van der Waals surface area contributed by atoms with Crippen LogP contribution in [0.5, 0.6) is 0 Å². The Balaban J connectivity index is 1.09. The number of aromatic nitrogens is 4. The molecule has 0 bridgehead atoms. The standard InChI is InChI=1S/C52H34N4/c1-3-13-35(14-4-1)39-17-11-18-41(31-39)43-19-12-20-45-51(43)44-28-27-40(32-48(44)56-52(45)38-15-5-2-6-16-38)36-23-25-37(26-24-36)42-33-49(46-21-7-9-29-53-46)55-50(34-42)47-22-8-10-30-54-47/h1-34H. The molecule has 4 heteroatoms. The molecule has 0 aliphatic rings. The molecule has 0 saturated carbocycles. The van der Waals surface area contributed by atoms with Gasteiger partial charge in [0.05, 0.1) is 34.0 Å². The Bertz CT molecular complexity index is 2930. The van der Waals surface area contributed by atoms with Gasteiger partial charge in [-0.25, -0.2) is 9.97 Å². The Kier molecular flexibility index (Phi) is 8.47. The summed E-state index contributed by atoms with van der Waals surface area (Å²) in [6.45, 7) is 0. The molecular weight excluding hydrogens is 681 g/mol. The van der Waals surface area contributed by atoms with Crippen molar-refractivity contribution in [2.45, 2.75) is 0 Å². The SMILES string of the molecule is c1ccc(-c2cccc(-c3cccc4c(-c5ccccc5)nc5cc(-c6ccc(-c7cc(-c8ccccn8)nc(-c8ccccn8)c7)cc6)ccc5c34)c2)cc1. The number of pyridine rings is 4. The van der Waals surface area contributed by atoms with E-state index in [0.29, 0.717) is 0 Å². The minimum Gasteiger partial charge on any atom is -0.255 e. The van der Waals surface area contributed by atoms with Crippen molar-refractivity contribution in [3.05, 3.63) is 207 Å². The maximum absolute atomic E-state index is 5.38. The summed E-state index contributed by atoms with van der Waals surface area (Å²) in [5, 5.41) is 3.46. The lowest BCUT2D eigenvalue weighted by Crippen LogP contribution is -1.94. The third-order valence-electron chi connectivity index (χ3n) is 10.4. The van der Waals surface area contributed by atoms with Crippen LogP contribution in [0.4, 0.5) is 0 Å². The average molecular weight is 715 g/mol. The van der Waals surface area contributed by atoms with E-state index < -0.39 is 0 Å². The van der Waals surface area contributed by atoms with Crippen molar-refractivity contribution in [3.63, 3.8) is 0 Å². The smallest absolute Gasteiger partial charge is 0.0900 e. The monoisotopic (exact) mass is 714 g/mol. The molecule has 0 saturated heterocycles. The van der Waals surface area contributed by atoms with Gasteiger partial charge < -0.3 is 0 Å². The molecule has 262 valence electrons. The second-order valence-corrected chi connectivity index (χ2v) is 13.9. The Morgan fingerprint density at radius 1 is 0.286 bits per heavy atom. The summed E-state index contributed by atoms with van der Waals surface area (Å²) < 4.78 is 0. The molecule has 4 aromatic heterocycles. The molecule has 0 fully saturated rings. The highest BCUT2D eigenvalue weighted by Crippen LogP contribution is 2.41. The average Bonchev–Trinajstić information content (AvgIpc) is 3.29. The van der Waals surface area contributed by atoms with Crippen LogP contribution in [0.15, 0.2) is 207 Å². The Hall–Kier alpha value is -7.56. The molecule has 4 heterocycles. The van der Waals surface area contributed by atoms with Gasteiger partial charge in [0, 0.05) is 34.1 Å². The van der Waals surface area contributed by atoms with Crippen molar-refractivity contribution in [2.24, 2.45) is 0 Å². The van der Waals surface area contributed by atoms with Crippen molar-refractivity contribution in [1.29, 1.82) is 0 Å². The number of hydrogen-bond donors (Lipinski definition) is 0. The first kappa shape index (κ1) is 33.0. The minimum absolute atomic E-state index is 0.807. The van der Waals surface area contributed by atoms with Gasteiger partial charge in [0.2, 0.25) is 0 Å². The second kappa shape index (κ2) is 14.3. The maximum Gasteiger partial charge on any atom is 0.0900 e. The number of benzene rings is 6. The fourth-order valence-electron chi connectivity index (χ4n) is 7.63. The summed E-state index contributed by atoms with van der Waals surface area (Å²) in [6, 6.07) is 68.0. The van der Waals surface area contributed by atoms with Crippen LogP contribution in [-0.4, -0.2) is 19.9 Å². The van der Waals surface area contributed by atoms with E-state index in [1.54, 1.807) is 12.4 Å². The summed E-state index contributed by atoms with van der Waals surface area (Å²) in [7, 11) is 0. The Labute approximate surface area is 325 Å². The molecule has 0 amide bonds. The van der Waals surface area contributed by atoms with Gasteiger partial charge in [-0.2, -0.15) is 0 Å². The predicted molar refractivity (Wildman–Crippen MR) is 231 cm³/mol. The summed E-state index contributed by atoms with van der Waals surface area (Å²) in [5.74, 6) is 0. The van der Waals surface area contributed by atoms with Crippen LogP contribution in [-0.2, 0) is 0 Å². The normalized spacial score (nSPS) is 11.2. The van der Waals surface area contributed by atoms with Crippen LogP contribution in [0.3, 0.4) is 0 Å². The van der Waals surface area contributed by atoms with E-state index in [9.17, 15) is 0 Å². The summed E-state index contributed by atoms with van der Waals surface area (Å²) in [6.07, 6.45) is 3.60. The third kappa shape index (κ3) is 6.29. The van der Waals surface area contributed by atoms with Gasteiger partial charge in [0.15, 0.2) is 0 Å². The Morgan fingerprint density at radius 3 is 1.48 bits per heavy atom. The van der Waals surface area contributed by atoms with Crippen molar-refractivity contribution in [3.8, 4) is 78.5 Å². The first-order chi connectivity index (χ1) is 27.7. The molecule has 0 atom stereocenters. The lowest BCUT2D eigenvalue weighted by Gasteiger charge is -2.16. The summed E-state index contributed by atoms with van der Waals surface area (Å²) in [4.78, 5) is 19.5. The quantitative estimate of drug-likeness (QED) is 0.154. The summed E-state index contributed by atoms with van der Waals surface area (Å²) in [5.41, 5.74) is 15.4. The number of hydrogen-bond acceptors (Lipinski definition) is 4. The van der Waals surface area contributed by atoms with Gasteiger partial charge in [-0.3, -0.25) is 9.97 Å². The largest absolute Gasteiger partial charge is 0.255 e. The highest BCUT2D eigenvalue weighted by molar-refractivity contribution is 6.17. The van der Waals surface area contributed by atoms with Crippen LogP contribution >= 0.6 is 0 Å². The van der Waals surface area contributed by atoms with Crippen LogP contribution in [0, 0.1) is 0 Å². The predicted octanol–water partition coefficient (Wildman–Crippen LogP) is 13.2. The van der Waals surface area contributed by atoms with E-state index in [1.165, 1.54) is 27.6 Å². The fourth-order valence-corrected chi connectivity index (χ4v) is 7.63. The topological polar surface area (TPSA) is 51.6 Å². The van der Waals surface area contributed by atoms with Crippen LogP contribution in [0.25, 0.3) is 100 Å². The molecule has 0 unspecified atom stereocenters. The van der Waals surface area contributed by atoms with E-state index in [-0.39, 0.29) is 0 Å². The molecule has 0 aliphatic carbocycles. The van der Waals surface area contributed by atoms with E-state index >= 15 is 0 Å². The van der Waals surface area contributed by atoms with E-state index in [4.69, 9.17) is 9.97 Å². The fraction of sp³-hybridized carbons (Fsp3) is 0. The zero-order chi connectivity index (χ0) is 37.3. The molecule has 0 N–H and O–H groups in total. The van der Waals surface area contributed by atoms with Gasteiger partial charge in [0.1, 0.15) is 0 Å². The van der Waals surface area contributed by atoms with Crippen molar-refractivity contribution in [1.82, 2.24) is 19.9 Å². The van der Waals surface area contributed by atoms with Crippen LogP contribution in [0.2, 0.25) is 0 Å². The van der Waals surface area contributed by atoms with Gasteiger partial charge in [-0.05, 0) is 93.0 Å². The molecule has 56 heavy (non-hydrogen) atoms. The van der Waals surface area contributed by atoms with Crippen LogP contribution < -0.4 is 0 Å². The van der Waals surface area contributed by atoms with E-state index in [2.05, 4.69) is 168 Å². The Morgan fingerprint density at radius 2 is 0.821 bits per heavy atom. The van der Waals surface area contributed by atoms with Gasteiger partial charge >= 0.3 is 0 Å². The zero-order valence-corrected chi connectivity index (χ0v) is 30.4. The number of rotatable bonds is 7. The molecule has 4 nitrogen and oxygen atoms in total. The first-order valence-corrected chi connectivity index (χ1v) is 18.8. The van der Waals surface area contributed by atoms with E-state index in [1.807, 2.05) is 36.4 Å².